The number of benzene rings is 1. The lowest BCUT2D eigenvalue weighted by Gasteiger charge is -2.02. The predicted molar refractivity (Wildman–Crippen MR) is 59.7 cm³/mol. The van der Waals surface area contributed by atoms with E-state index in [2.05, 4.69) is 15.5 Å². The normalized spacial score (nSPS) is 10.4. The minimum Gasteiger partial charge on any atom is -0.244 e. The van der Waals surface area contributed by atoms with Gasteiger partial charge in [-0.3, -0.25) is 0 Å². The number of rotatable bonds is 1. The van der Waals surface area contributed by atoms with Gasteiger partial charge in [-0.25, -0.2) is 9.89 Å². The summed E-state index contributed by atoms with van der Waals surface area (Å²) >= 11 is 7.95. The minimum atomic E-state index is -0.384. The number of nitrogens with zero attached hydrogens (tertiary/aromatic N) is 3. The van der Waals surface area contributed by atoms with Crippen LogP contribution >= 0.6 is 34.2 Å². The lowest BCUT2D eigenvalue weighted by Crippen LogP contribution is -2.17. The first-order valence-electron chi connectivity index (χ1n) is 3.65. The summed E-state index contributed by atoms with van der Waals surface area (Å²) in [6.07, 6.45) is 0. The number of hydrogen-bond donors (Lipinski definition) is 1. The van der Waals surface area contributed by atoms with Crippen LogP contribution in [0.25, 0.3) is 5.69 Å². The van der Waals surface area contributed by atoms with E-state index in [0.717, 1.165) is 8.25 Å². The number of nitrogens with one attached hydrogen (secondary N) is 1. The zero-order valence-corrected chi connectivity index (χ0v) is 9.65. The van der Waals surface area contributed by atoms with Gasteiger partial charge >= 0.3 is 5.69 Å². The van der Waals surface area contributed by atoms with E-state index in [-0.39, 0.29) is 5.69 Å². The maximum Gasteiger partial charge on any atom is 0.365 e. The van der Waals surface area contributed by atoms with Crippen LogP contribution in [-0.4, -0.2) is 20.2 Å². The largest absolute Gasteiger partial charge is 0.365 e. The molecular formula is C7H4ClIN4O. The van der Waals surface area contributed by atoms with E-state index in [9.17, 15) is 4.79 Å². The van der Waals surface area contributed by atoms with Crippen LogP contribution < -0.4 is 5.69 Å². The summed E-state index contributed by atoms with van der Waals surface area (Å²) in [5.74, 6) is 0. The molecule has 0 unspecified atom stereocenters. The summed E-state index contributed by atoms with van der Waals surface area (Å²) in [6, 6.07) is 5.25. The van der Waals surface area contributed by atoms with Gasteiger partial charge in [-0.2, -0.15) is 4.68 Å². The maximum absolute atomic E-state index is 11.2. The molecule has 0 aliphatic heterocycles. The van der Waals surface area contributed by atoms with E-state index in [1.54, 1.807) is 18.2 Å². The molecule has 0 spiro atoms. The molecule has 1 heterocycles. The molecule has 72 valence electrons. The molecule has 7 heteroatoms. The summed E-state index contributed by atoms with van der Waals surface area (Å²) in [6.45, 7) is 0. The zero-order chi connectivity index (χ0) is 10.1. The van der Waals surface area contributed by atoms with Crippen molar-refractivity contribution in [3.8, 4) is 5.69 Å². The Hall–Kier alpha value is -0.890. The molecule has 0 radical (unpaired) electrons. The van der Waals surface area contributed by atoms with Crippen molar-refractivity contribution >= 4 is 34.2 Å². The molecule has 1 N–H and O–H groups in total. The highest BCUT2D eigenvalue weighted by atomic mass is 127. The van der Waals surface area contributed by atoms with Crippen molar-refractivity contribution in [3.63, 3.8) is 0 Å². The van der Waals surface area contributed by atoms with Crippen LogP contribution in [0.5, 0.6) is 0 Å². The third-order valence-electron chi connectivity index (χ3n) is 1.63. The molecule has 0 saturated carbocycles. The Kier molecular flexibility index (Phi) is 2.55. The first kappa shape index (κ1) is 9.66. The Balaban J connectivity index is 2.69. The Morgan fingerprint density at radius 2 is 2.29 bits per heavy atom. The Labute approximate surface area is 97.2 Å². The van der Waals surface area contributed by atoms with Crippen molar-refractivity contribution < 1.29 is 0 Å². The first-order valence-corrected chi connectivity index (χ1v) is 5.10. The van der Waals surface area contributed by atoms with Crippen LogP contribution in [0.15, 0.2) is 23.0 Å². The molecule has 0 fully saturated rings. The van der Waals surface area contributed by atoms with Gasteiger partial charge in [-0.15, -0.1) is 0 Å². The van der Waals surface area contributed by atoms with Gasteiger partial charge in [0.2, 0.25) is 0 Å². The summed E-state index contributed by atoms with van der Waals surface area (Å²) in [5.41, 5.74) is 0.238. The molecule has 1 aromatic carbocycles. The van der Waals surface area contributed by atoms with Gasteiger partial charge < -0.3 is 0 Å². The topological polar surface area (TPSA) is 63.6 Å². The number of tetrazole rings is 1. The van der Waals surface area contributed by atoms with E-state index < -0.39 is 0 Å². The molecule has 1 aromatic heterocycles. The van der Waals surface area contributed by atoms with Gasteiger partial charge in [0, 0.05) is 0 Å². The van der Waals surface area contributed by atoms with E-state index in [1.165, 1.54) is 0 Å². The maximum atomic E-state index is 11.2. The predicted octanol–water partition coefficient (Wildman–Crippen LogP) is 1.21. The lowest BCUT2D eigenvalue weighted by atomic mass is 10.3. The Bertz CT molecular complexity index is 520. The van der Waals surface area contributed by atoms with Crippen molar-refractivity contribution in [3.05, 3.63) is 37.3 Å². The molecule has 14 heavy (non-hydrogen) atoms. The standard InChI is InChI=1S/C7H4ClIN4O/c8-4-2-1-3-5(6(4)9)13-7(14)10-11-12-13/h1-3H,(H,10,12,14). The summed E-state index contributed by atoms with van der Waals surface area (Å²) in [5, 5.41) is 9.82. The second-order valence-corrected chi connectivity index (χ2v) is 3.98. The van der Waals surface area contributed by atoms with E-state index in [1.807, 2.05) is 22.6 Å². The van der Waals surface area contributed by atoms with Crippen LogP contribution in [0.1, 0.15) is 0 Å². The molecule has 5 nitrogen and oxygen atoms in total. The summed E-state index contributed by atoms with van der Waals surface area (Å²) in [7, 11) is 0. The van der Waals surface area contributed by atoms with Crippen molar-refractivity contribution in [2.45, 2.75) is 0 Å². The fraction of sp³-hybridized carbons (Fsp3) is 0. The van der Waals surface area contributed by atoms with Gasteiger partial charge in [0.15, 0.2) is 0 Å². The molecular weight excluding hydrogens is 318 g/mol. The highest BCUT2D eigenvalue weighted by Crippen LogP contribution is 2.23. The van der Waals surface area contributed by atoms with Crippen LogP contribution in [0.4, 0.5) is 0 Å². The average Bonchev–Trinajstić information content (AvgIpc) is 2.57. The highest BCUT2D eigenvalue weighted by molar-refractivity contribution is 14.1. The SMILES string of the molecule is O=c1[nH]nnn1-c1cccc(Cl)c1I. The number of H-pyrrole nitrogens is 1. The zero-order valence-electron chi connectivity index (χ0n) is 6.74. The first-order chi connectivity index (χ1) is 6.70. The Morgan fingerprint density at radius 3 is 2.93 bits per heavy atom. The van der Waals surface area contributed by atoms with Crippen LogP contribution in [-0.2, 0) is 0 Å². The van der Waals surface area contributed by atoms with Crippen LogP contribution in [0.2, 0.25) is 5.02 Å². The summed E-state index contributed by atoms with van der Waals surface area (Å²) < 4.78 is 1.93. The smallest absolute Gasteiger partial charge is 0.244 e. The third-order valence-corrected chi connectivity index (χ3v) is 3.40. The van der Waals surface area contributed by atoms with Crippen molar-refractivity contribution in [1.29, 1.82) is 0 Å². The van der Waals surface area contributed by atoms with E-state index in [4.69, 9.17) is 11.6 Å². The van der Waals surface area contributed by atoms with E-state index in [0.29, 0.717) is 10.7 Å². The van der Waals surface area contributed by atoms with Gasteiger partial charge in [0.1, 0.15) is 0 Å². The number of halogens is 2. The Morgan fingerprint density at radius 1 is 1.50 bits per heavy atom. The molecule has 0 amide bonds. The minimum absolute atomic E-state index is 0.384. The molecule has 2 aromatic rings. The lowest BCUT2D eigenvalue weighted by molar-refractivity contribution is 0.777. The number of hydrogen-bond acceptors (Lipinski definition) is 3. The monoisotopic (exact) mass is 322 g/mol. The second-order valence-electron chi connectivity index (χ2n) is 2.49. The van der Waals surface area contributed by atoms with Crippen molar-refractivity contribution in [2.24, 2.45) is 0 Å². The summed E-state index contributed by atoms with van der Waals surface area (Å²) in [4.78, 5) is 11.2. The number of aromatic amines is 1. The highest BCUT2D eigenvalue weighted by Gasteiger charge is 2.08. The van der Waals surface area contributed by atoms with E-state index >= 15 is 0 Å². The van der Waals surface area contributed by atoms with Gasteiger partial charge in [0.25, 0.3) is 0 Å². The van der Waals surface area contributed by atoms with Gasteiger partial charge in [-0.1, -0.05) is 17.7 Å². The molecule has 2 rings (SSSR count). The molecule has 0 aliphatic carbocycles. The van der Waals surface area contributed by atoms with Crippen LogP contribution in [0, 0.1) is 3.57 Å². The quantitative estimate of drug-likeness (QED) is 0.803. The third kappa shape index (κ3) is 1.55. The fourth-order valence-electron chi connectivity index (χ4n) is 1.01. The molecule has 0 aliphatic rings. The van der Waals surface area contributed by atoms with Crippen molar-refractivity contribution in [1.82, 2.24) is 20.2 Å². The van der Waals surface area contributed by atoms with Gasteiger partial charge in [-0.05, 0) is 45.2 Å². The number of aromatic nitrogens is 4. The molecule has 0 bridgehead atoms. The fourth-order valence-corrected chi connectivity index (χ4v) is 1.77. The molecule has 0 atom stereocenters. The average molecular weight is 322 g/mol. The second kappa shape index (κ2) is 3.70. The van der Waals surface area contributed by atoms with Crippen LogP contribution in [0.3, 0.4) is 0 Å². The van der Waals surface area contributed by atoms with Crippen molar-refractivity contribution in [2.75, 3.05) is 0 Å². The van der Waals surface area contributed by atoms with Gasteiger partial charge in [0.05, 0.1) is 14.3 Å². The molecule has 0 saturated heterocycles.